The van der Waals surface area contributed by atoms with Gasteiger partial charge in [-0.15, -0.1) is 0 Å². The molecule has 0 aliphatic carbocycles. The average Bonchev–Trinajstić information content (AvgIpc) is 2.30. The zero-order chi connectivity index (χ0) is 14.6. The number of benzene rings is 1. The summed E-state index contributed by atoms with van der Waals surface area (Å²) in [6, 6.07) is 3.06. The number of nitrogen functional groups attached to an aromatic ring is 1. The molecule has 1 unspecified atom stereocenters. The van der Waals surface area contributed by atoms with Gasteiger partial charge in [0.1, 0.15) is 6.61 Å². The lowest BCUT2D eigenvalue weighted by Gasteiger charge is -2.16. The van der Waals surface area contributed by atoms with Crippen LogP contribution in [-0.4, -0.2) is 18.6 Å². The summed E-state index contributed by atoms with van der Waals surface area (Å²) in [6.07, 6.45) is 0.00288. The molecule has 1 atom stereocenters. The van der Waals surface area contributed by atoms with Crippen LogP contribution in [0.1, 0.15) is 20.8 Å². The van der Waals surface area contributed by atoms with Gasteiger partial charge in [-0.25, -0.2) is 0 Å². The summed E-state index contributed by atoms with van der Waals surface area (Å²) < 4.78 is 5.42. The highest BCUT2D eigenvalue weighted by Crippen LogP contribution is 2.32. The number of nitrogens with one attached hydrogen (secondary N) is 1. The van der Waals surface area contributed by atoms with Crippen molar-refractivity contribution in [2.24, 2.45) is 5.92 Å². The number of anilines is 2. The molecule has 0 saturated heterocycles. The predicted octanol–water partition coefficient (Wildman–Crippen LogP) is 3.58. The summed E-state index contributed by atoms with van der Waals surface area (Å²) in [5.74, 6) is 0.0394. The molecule has 0 saturated carbocycles. The van der Waals surface area contributed by atoms with Crippen LogP contribution in [0.15, 0.2) is 12.1 Å². The Morgan fingerprint density at radius 1 is 1.32 bits per heavy atom. The Kier molecular flexibility index (Phi) is 5.91. The van der Waals surface area contributed by atoms with Crippen LogP contribution in [0.3, 0.4) is 0 Å². The monoisotopic (exact) mass is 304 g/mol. The third-order valence-corrected chi connectivity index (χ3v) is 3.34. The first kappa shape index (κ1) is 16.1. The van der Waals surface area contributed by atoms with E-state index in [1.807, 2.05) is 20.8 Å². The number of nitrogens with two attached hydrogens (primary N) is 1. The van der Waals surface area contributed by atoms with Gasteiger partial charge >= 0.3 is 0 Å². The molecule has 1 rings (SSSR count). The summed E-state index contributed by atoms with van der Waals surface area (Å²) >= 11 is 11.9. The molecule has 0 radical (unpaired) electrons. The van der Waals surface area contributed by atoms with Gasteiger partial charge in [-0.05, 0) is 25.0 Å². The molecule has 0 heterocycles. The van der Waals surface area contributed by atoms with Crippen molar-refractivity contribution in [1.82, 2.24) is 0 Å². The molecule has 4 nitrogen and oxygen atoms in total. The van der Waals surface area contributed by atoms with Gasteiger partial charge in [0.2, 0.25) is 5.91 Å². The molecule has 1 aromatic rings. The minimum Gasteiger partial charge on any atom is -0.399 e. The SMILES string of the molecule is CC(C)C(C)OCC(=O)Nc1c(Cl)cc(N)cc1Cl. The molecule has 1 aromatic carbocycles. The Bertz CT molecular complexity index is 441. The van der Waals surface area contributed by atoms with Crippen molar-refractivity contribution in [1.29, 1.82) is 0 Å². The fourth-order valence-corrected chi connectivity index (χ4v) is 1.89. The molecule has 0 aliphatic heterocycles. The van der Waals surface area contributed by atoms with Crippen LogP contribution in [0.25, 0.3) is 0 Å². The van der Waals surface area contributed by atoms with E-state index in [9.17, 15) is 4.79 Å². The Morgan fingerprint density at radius 3 is 2.32 bits per heavy atom. The zero-order valence-electron chi connectivity index (χ0n) is 11.2. The van der Waals surface area contributed by atoms with Gasteiger partial charge in [0, 0.05) is 5.69 Å². The highest BCUT2D eigenvalue weighted by atomic mass is 35.5. The highest BCUT2D eigenvalue weighted by Gasteiger charge is 2.13. The number of amides is 1. The Labute approximate surface area is 123 Å². The third kappa shape index (κ3) is 4.90. The van der Waals surface area contributed by atoms with Crippen LogP contribution < -0.4 is 11.1 Å². The maximum atomic E-state index is 11.7. The molecule has 6 heteroatoms. The number of hydrogen-bond acceptors (Lipinski definition) is 3. The summed E-state index contributed by atoms with van der Waals surface area (Å²) in [5.41, 5.74) is 6.38. The number of ether oxygens (including phenoxy) is 1. The van der Waals surface area contributed by atoms with E-state index in [0.29, 0.717) is 27.3 Å². The summed E-state index contributed by atoms with van der Waals surface area (Å²) in [7, 11) is 0. The highest BCUT2D eigenvalue weighted by molar-refractivity contribution is 6.40. The van der Waals surface area contributed by atoms with E-state index in [1.54, 1.807) is 0 Å². The molecule has 0 bridgehead atoms. The van der Waals surface area contributed by atoms with Crippen LogP contribution >= 0.6 is 23.2 Å². The molecule has 0 spiro atoms. The van der Waals surface area contributed by atoms with E-state index in [4.69, 9.17) is 33.7 Å². The fourth-order valence-electron chi connectivity index (χ4n) is 1.29. The Hall–Kier alpha value is -0.970. The summed E-state index contributed by atoms with van der Waals surface area (Å²) in [4.78, 5) is 11.7. The van der Waals surface area contributed by atoms with Crippen molar-refractivity contribution < 1.29 is 9.53 Å². The van der Waals surface area contributed by atoms with Crippen molar-refractivity contribution in [3.63, 3.8) is 0 Å². The maximum absolute atomic E-state index is 11.7. The number of hydrogen-bond donors (Lipinski definition) is 2. The van der Waals surface area contributed by atoms with E-state index in [2.05, 4.69) is 5.32 Å². The van der Waals surface area contributed by atoms with Crippen LogP contribution in [-0.2, 0) is 9.53 Å². The molecule has 0 fully saturated rings. The molecular formula is C13H18Cl2N2O2. The average molecular weight is 305 g/mol. The first-order valence-electron chi connectivity index (χ1n) is 5.97. The van der Waals surface area contributed by atoms with E-state index in [0.717, 1.165) is 0 Å². The van der Waals surface area contributed by atoms with Gasteiger partial charge in [0.25, 0.3) is 0 Å². The minimum atomic E-state index is -0.305. The third-order valence-electron chi connectivity index (χ3n) is 2.75. The molecule has 0 aliphatic rings. The molecule has 106 valence electrons. The van der Waals surface area contributed by atoms with Crippen molar-refractivity contribution in [2.75, 3.05) is 17.7 Å². The molecule has 0 aromatic heterocycles. The molecule has 1 amide bonds. The van der Waals surface area contributed by atoms with Crippen molar-refractivity contribution in [3.05, 3.63) is 22.2 Å². The minimum absolute atomic E-state index is 0.00288. The van der Waals surface area contributed by atoms with Crippen LogP contribution in [0.2, 0.25) is 10.0 Å². The number of carbonyl (C=O) groups is 1. The van der Waals surface area contributed by atoms with Crippen LogP contribution in [0.5, 0.6) is 0 Å². The van der Waals surface area contributed by atoms with Crippen molar-refractivity contribution in [2.45, 2.75) is 26.9 Å². The lowest BCUT2D eigenvalue weighted by Crippen LogP contribution is -2.24. The summed E-state index contributed by atoms with van der Waals surface area (Å²) in [5, 5.41) is 3.22. The van der Waals surface area contributed by atoms with Gasteiger partial charge in [-0.1, -0.05) is 37.0 Å². The molecular weight excluding hydrogens is 287 g/mol. The predicted molar refractivity (Wildman–Crippen MR) is 79.8 cm³/mol. The van der Waals surface area contributed by atoms with Crippen molar-refractivity contribution >= 4 is 40.5 Å². The van der Waals surface area contributed by atoms with E-state index in [1.165, 1.54) is 12.1 Å². The van der Waals surface area contributed by atoms with E-state index >= 15 is 0 Å². The second-order valence-electron chi connectivity index (χ2n) is 4.67. The first-order valence-corrected chi connectivity index (χ1v) is 6.72. The van der Waals surface area contributed by atoms with Gasteiger partial charge in [-0.2, -0.15) is 0 Å². The van der Waals surface area contributed by atoms with Crippen LogP contribution in [0, 0.1) is 5.92 Å². The van der Waals surface area contributed by atoms with Gasteiger partial charge in [-0.3, -0.25) is 4.79 Å². The second kappa shape index (κ2) is 6.98. The van der Waals surface area contributed by atoms with E-state index in [-0.39, 0.29) is 18.6 Å². The zero-order valence-corrected chi connectivity index (χ0v) is 12.7. The Morgan fingerprint density at radius 2 is 1.84 bits per heavy atom. The second-order valence-corrected chi connectivity index (χ2v) is 5.48. The smallest absolute Gasteiger partial charge is 0.250 e. The maximum Gasteiger partial charge on any atom is 0.250 e. The van der Waals surface area contributed by atoms with E-state index < -0.39 is 0 Å². The topological polar surface area (TPSA) is 64.3 Å². The first-order chi connectivity index (χ1) is 8.81. The summed E-state index contributed by atoms with van der Waals surface area (Å²) in [6.45, 7) is 5.92. The van der Waals surface area contributed by atoms with Crippen LogP contribution in [0.4, 0.5) is 11.4 Å². The normalized spacial score (nSPS) is 12.5. The fraction of sp³-hybridized carbons (Fsp3) is 0.462. The number of halogens is 2. The van der Waals surface area contributed by atoms with Gasteiger partial charge in [0.05, 0.1) is 21.8 Å². The number of rotatable bonds is 5. The van der Waals surface area contributed by atoms with Gasteiger partial charge < -0.3 is 15.8 Å². The quantitative estimate of drug-likeness (QED) is 0.817. The Balaban J connectivity index is 2.63. The molecule has 19 heavy (non-hydrogen) atoms. The van der Waals surface area contributed by atoms with Gasteiger partial charge in [0.15, 0.2) is 0 Å². The lowest BCUT2D eigenvalue weighted by atomic mass is 10.1. The van der Waals surface area contributed by atoms with Crippen molar-refractivity contribution in [3.8, 4) is 0 Å². The standard InChI is InChI=1S/C13H18Cl2N2O2/c1-7(2)8(3)19-6-12(18)17-13-10(14)4-9(16)5-11(13)15/h4-5,7-8H,6,16H2,1-3H3,(H,17,18). The molecule has 3 N–H and O–H groups in total. The lowest BCUT2D eigenvalue weighted by molar-refractivity contribution is -0.123. The largest absolute Gasteiger partial charge is 0.399 e. The number of carbonyl (C=O) groups excluding carboxylic acids is 1.